The molecule has 0 unspecified atom stereocenters. The molecule has 0 saturated carbocycles. The first-order valence-electron chi connectivity index (χ1n) is 37.9. The van der Waals surface area contributed by atoms with E-state index in [1.54, 1.807) is 243 Å². The van der Waals surface area contributed by atoms with Crippen LogP contribution in [-0.2, 0) is 43.2 Å². The largest absolute Gasteiger partial charge is 0.368 e. The molecule has 0 heterocycles. The number of hydrogen-bond donors (Lipinski definition) is 2. The van der Waals surface area contributed by atoms with E-state index < -0.39 is 189 Å². The minimum Gasteiger partial charge on any atom is -0.368 e. The number of nitrogens with two attached hydrogens (primary N) is 1. The standard InChI is InChI=1S/C90H97F5N10O9/c1-59(68-34-18-10-19-35-68)97-50-77(107)99(61(3)70-38-22-12-23-39-70)52-79(109)101(63(5)72-42-26-14-27-43-72)54-82(112)104(66(8)75-48-32-17-33-49-75)57-84(114)105(67(9)85-86(91)88(93)90(95)89(94)87(85)92)58-83(113)103(65(7)74-46-30-16-31-47-74)56-81(111)102(64(6)73-44-28-15-29-45-73)55-80(110)100(62(4)71-40-24-13-25-41-71)53-78(108)98(51-76(96)106)60(2)69-36-20-11-21-37-69/h10-49,59-67,97H,50-58H2,1-9H3,(H2,96,106)/t59-,60-,61-,62-,63-,64-,65-,66-,67-/m0/s1. The first-order chi connectivity index (χ1) is 54.6. The van der Waals surface area contributed by atoms with Crippen molar-refractivity contribution in [2.45, 2.75) is 117 Å². The van der Waals surface area contributed by atoms with Gasteiger partial charge in [0.25, 0.3) is 0 Å². The molecule has 0 fully saturated rings. The quantitative estimate of drug-likeness (QED) is 0.0215. The molecule has 0 spiro atoms. The van der Waals surface area contributed by atoms with E-state index >= 15 is 50.7 Å². The van der Waals surface area contributed by atoms with Gasteiger partial charge in [0.05, 0.1) is 67.0 Å². The highest BCUT2D eigenvalue weighted by Crippen LogP contribution is 2.35. The van der Waals surface area contributed by atoms with E-state index in [1.165, 1.54) is 24.5 Å². The molecule has 0 radical (unpaired) electrons. The minimum atomic E-state index is -2.51. The average Bonchev–Trinajstić information content (AvgIpc) is 0.770. The summed E-state index contributed by atoms with van der Waals surface area (Å²) in [5.74, 6) is -19.5. The van der Waals surface area contributed by atoms with Gasteiger partial charge in [-0.05, 0) is 107 Å². The van der Waals surface area contributed by atoms with Gasteiger partial charge in [-0.3, -0.25) is 43.2 Å². The van der Waals surface area contributed by atoms with Gasteiger partial charge in [-0.2, -0.15) is 0 Å². The van der Waals surface area contributed by atoms with Gasteiger partial charge in [0.1, 0.15) is 45.8 Å². The van der Waals surface area contributed by atoms with E-state index in [2.05, 4.69) is 5.32 Å². The van der Waals surface area contributed by atoms with Gasteiger partial charge in [0, 0.05) is 6.04 Å². The molecule has 3 N–H and O–H groups in total. The smallest absolute Gasteiger partial charge is 0.243 e. The number of carbonyl (C=O) groups is 9. The van der Waals surface area contributed by atoms with Gasteiger partial charge in [-0.15, -0.1) is 0 Å². The van der Waals surface area contributed by atoms with Crippen LogP contribution in [0.15, 0.2) is 243 Å². The molecule has 19 nitrogen and oxygen atoms in total. The molecule has 114 heavy (non-hydrogen) atoms. The van der Waals surface area contributed by atoms with Gasteiger partial charge in [-0.1, -0.05) is 243 Å². The number of rotatable bonds is 36. The Labute approximate surface area is 662 Å². The number of nitrogens with one attached hydrogen (secondary N) is 1. The molecule has 9 aromatic rings. The fourth-order valence-corrected chi connectivity index (χ4v) is 14.1. The van der Waals surface area contributed by atoms with Gasteiger partial charge in [0.2, 0.25) is 59.0 Å². The number of nitrogens with zero attached hydrogens (tertiary/aromatic N) is 8. The van der Waals surface area contributed by atoms with Crippen LogP contribution in [0.1, 0.15) is 167 Å². The van der Waals surface area contributed by atoms with Crippen molar-refractivity contribution in [3.8, 4) is 0 Å². The predicted octanol–water partition coefficient (Wildman–Crippen LogP) is 14.2. The summed E-state index contributed by atoms with van der Waals surface area (Å²) in [4.78, 5) is 146. The average molecular weight is 1560 g/mol. The highest BCUT2D eigenvalue weighted by atomic mass is 19.2. The number of amides is 9. The number of benzene rings is 9. The van der Waals surface area contributed by atoms with Crippen LogP contribution in [0.4, 0.5) is 22.0 Å². The number of carbonyl (C=O) groups excluding carboxylic acids is 9. The lowest BCUT2D eigenvalue weighted by Gasteiger charge is -2.39. The van der Waals surface area contributed by atoms with Crippen LogP contribution in [-0.4, -0.2) is 151 Å². The summed E-state index contributed by atoms with van der Waals surface area (Å²) in [7, 11) is 0. The molecule has 9 amide bonds. The topological polar surface area (TPSA) is 218 Å². The van der Waals surface area contributed by atoms with E-state index in [0.29, 0.717) is 43.8 Å². The highest BCUT2D eigenvalue weighted by molar-refractivity contribution is 5.95. The third-order valence-electron chi connectivity index (χ3n) is 21.3. The van der Waals surface area contributed by atoms with Crippen molar-refractivity contribution in [3.63, 3.8) is 0 Å². The fourth-order valence-electron chi connectivity index (χ4n) is 14.1. The zero-order valence-corrected chi connectivity index (χ0v) is 65.4. The first kappa shape index (κ1) is 85.8. The lowest BCUT2D eigenvalue weighted by molar-refractivity contribution is -0.152. The molecule has 0 aliphatic rings. The SMILES string of the molecule is C[C@H](NCC(=O)N(CC(=O)N(CC(=O)N(CC(=O)N(CC(=O)N(CC(=O)N(CC(=O)N(CC(=O)N(CC(N)=O)[C@@H](C)c1ccccc1)[C@@H](C)c1ccccc1)[C@@H](C)c1ccccc1)[C@@H](C)c1ccccc1)[C@@H](C)c1c(F)c(F)c(F)c(F)c1F)[C@@H](C)c1ccccc1)[C@@H](C)c1ccccc1)[C@@H](C)c1ccccc1)c1ccccc1. The van der Waals surface area contributed by atoms with Gasteiger partial charge in [0.15, 0.2) is 23.3 Å². The van der Waals surface area contributed by atoms with Crippen molar-refractivity contribution in [3.05, 3.63) is 322 Å². The van der Waals surface area contributed by atoms with Crippen LogP contribution in [0, 0.1) is 29.1 Å². The Morgan fingerprint density at radius 1 is 0.246 bits per heavy atom. The maximum absolute atomic E-state index is 16.6. The molecular weight excluding hydrogens is 1460 g/mol. The molecule has 9 atom stereocenters. The molecule has 24 heteroatoms. The van der Waals surface area contributed by atoms with Crippen molar-refractivity contribution in [1.29, 1.82) is 0 Å². The molecule has 0 aliphatic carbocycles. The third kappa shape index (κ3) is 21.5. The Hall–Kier alpha value is -12.2. The van der Waals surface area contributed by atoms with E-state index in [9.17, 15) is 14.4 Å². The summed E-state index contributed by atoms with van der Waals surface area (Å²) < 4.78 is 79.6. The Bertz CT molecular complexity index is 4720. The zero-order valence-electron chi connectivity index (χ0n) is 65.4. The Balaban J connectivity index is 1.11. The maximum atomic E-state index is 16.6. The monoisotopic (exact) mass is 1560 g/mol. The summed E-state index contributed by atoms with van der Waals surface area (Å²) in [6.07, 6.45) is 0. The molecule has 0 saturated heterocycles. The summed E-state index contributed by atoms with van der Waals surface area (Å²) >= 11 is 0. The van der Waals surface area contributed by atoms with E-state index in [0.717, 1.165) is 22.3 Å². The van der Waals surface area contributed by atoms with Crippen LogP contribution in [0.3, 0.4) is 0 Å². The Morgan fingerprint density at radius 3 is 0.614 bits per heavy atom. The van der Waals surface area contributed by atoms with Crippen molar-refractivity contribution in [2.75, 3.05) is 58.9 Å². The molecule has 0 aliphatic heterocycles. The maximum Gasteiger partial charge on any atom is 0.243 e. The number of hydrogen-bond acceptors (Lipinski definition) is 10. The number of halogens is 5. The Kier molecular flexibility index (Phi) is 30.4. The van der Waals surface area contributed by atoms with E-state index in [4.69, 9.17) is 5.73 Å². The predicted molar refractivity (Wildman–Crippen MR) is 424 cm³/mol. The minimum absolute atomic E-state index is 0.206. The lowest BCUT2D eigenvalue weighted by atomic mass is 10.0. The molecule has 9 aromatic carbocycles. The van der Waals surface area contributed by atoms with E-state index in [1.807, 2.05) is 55.5 Å². The first-order valence-corrected chi connectivity index (χ1v) is 37.9. The van der Waals surface area contributed by atoms with Gasteiger partial charge in [-0.25, -0.2) is 22.0 Å². The van der Waals surface area contributed by atoms with Crippen LogP contribution in [0.25, 0.3) is 0 Å². The summed E-state index contributed by atoms with van der Waals surface area (Å²) in [6.45, 7) is 7.70. The van der Waals surface area contributed by atoms with Gasteiger partial charge < -0.3 is 50.2 Å². The second-order valence-electron chi connectivity index (χ2n) is 28.4. The van der Waals surface area contributed by atoms with Crippen molar-refractivity contribution in [1.82, 2.24) is 44.5 Å². The van der Waals surface area contributed by atoms with Crippen molar-refractivity contribution in [2.24, 2.45) is 5.73 Å². The fraction of sp³-hybridized carbons (Fsp3) is 0.300. The summed E-state index contributed by atoms with van der Waals surface area (Å²) in [5, 5.41) is 3.28. The van der Waals surface area contributed by atoms with Crippen LogP contribution < -0.4 is 11.1 Å². The summed E-state index contributed by atoms with van der Waals surface area (Å²) in [5.41, 5.74) is 9.00. The van der Waals surface area contributed by atoms with E-state index in [-0.39, 0.29) is 12.6 Å². The normalized spacial score (nSPS) is 13.6. The van der Waals surface area contributed by atoms with Crippen LogP contribution in [0.2, 0.25) is 0 Å². The highest BCUT2D eigenvalue weighted by Gasteiger charge is 2.41. The van der Waals surface area contributed by atoms with Crippen molar-refractivity contribution < 1.29 is 65.1 Å². The molecule has 0 bridgehead atoms. The van der Waals surface area contributed by atoms with Gasteiger partial charge >= 0.3 is 0 Å². The van der Waals surface area contributed by atoms with Crippen molar-refractivity contribution >= 4 is 53.2 Å². The second-order valence-corrected chi connectivity index (χ2v) is 28.4. The van der Waals surface area contributed by atoms with Crippen LogP contribution in [0.5, 0.6) is 0 Å². The Morgan fingerprint density at radius 2 is 0.412 bits per heavy atom. The summed E-state index contributed by atoms with van der Waals surface area (Å²) in [6, 6.07) is 61.0. The molecular formula is C90H97F5N10O9. The lowest BCUT2D eigenvalue weighted by Crippen LogP contribution is -2.54. The molecule has 596 valence electrons. The second kappa shape index (κ2) is 40.3. The molecule has 9 rings (SSSR count). The van der Waals surface area contributed by atoms with Crippen LogP contribution >= 0.6 is 0 Å². The molecule has 0 aromatic heterocycles. The number of primary amides is 1. The third-order valence-corrected chi connectivity index (χ3v) is 21.3. The zero-order chi connectivity index (χ0) is 82.4.